The van der Waals surface area contributed by atoms with E-state index in [1.54, 1.807) is 12.1 Å². The van der Waals surface area contributed by atoms with Gasteiger partial charge in [-0.1, -0.05) is 23.7 Å². The molecule has 0 saturated carbocycles. The number of nitrogens with two attached hydrogens (primary N) is 1. The molecule has 0 fully saturated rings. The van der Waals surface area contributed by atoms with Crippen molar-refractivity contribution in [2.75, 3.05) is 6.61 Å². The van der Waals surface area contributed by atoms with Gasteiger partial charge in [-0.25, -0.2) is 0 Å². The fraction of sp³-hybridized carbons (Fsp3) is 0.280. The number of carbonyl (C=O) groups is 1. The Kier molecular flexibility index (Phi) is 6.96. The van der Waals surface area contributed by atoms with Crippen molar-refractivity contribution in [2.45, 2.75) is 38.7 Å². The average molecular weight is 530 g/mol. The lowest BCUT2D eigenvalue weighted by Gasteiger charge is -2.31. The zero-order valence-corrected chi connectivity index (χ0v) is 20.3. The minimum atomic E-state index is -0.621. The van der Waals surface area contributed by atoms with Gasteiger partial charge in [0.2, 0.25) is 5.88 Å². The Labute approximate surface area is 205 Å². The first-order valence-corrected chi connectivity index (χ1v) is 11.8. The zero-order chi connectivity index (χ0) is 23.5. The predicted molar refractivity (Wildman–Crippen MR) is 128 cm³/mol. The fourth-order valence-corrected chi connectivity index (χ4v) is 4.92. The van der Waals surface area contributed by atoms with Gasteiger partial charge in [-0.05, 0) is 64.7 Å². The first-order valence-electron chi connectivity index (χ1n) is 10.6. The molecule has 1 aliphatic heterocycles. The molecule has 2 aromatic rings. The first-order chi connectivity index (χ1) is 15.9. The van der Waals surface area contributed by atoms with Gasteiger partial charge in [0.15, 0.2) is 17.3 Å². The minimum absolute atomic E-state index is 0.0307. The number of allylic oxidation sites excluding steroid dienone is 3. The molecule has 2 N–H and O–H groups in total. The van der Waals surface area contributed by atoms with Gasteiger partial charge >= 0.3 is 0 Å². The molecule has 0 aromatic heterocycles. The Balaban J connectivity index is 1.76. The minimum Gasteiger partial charge on any atom is -0.490 e. The number of hydrogen-bond donors (Lipinski definition) is 1. The Morgan fingerprint density at radius 2 is 2.09 bits per heavy atom. The third kappa shape index (κ3) is 4.73. The third-order valence-electron chi connectivity index (χ3n) is 5.54. The summed E-state index contributed by atoms with van der Waals surface area (Å²) < 4.78 is 18.2. The molecule has 0 radical (unpaired) electrons. The van der Waals surface area contributed by atoms with Gasteiger partial charge in [0.25, 0.3) is 0 Å². The number of nitrogens with zero attached hydrogens (tertiary/aromatic N) is 1. The smallest absolute Gasteiger partial charge is 0.205 e. The molecule has 0 bridgehead atoms. The molecule has 1 heterocycles. The van der Waals surface area contributed by atoms with Gasteiger partial charge in [0, 0.05) is 23.4 Å². The van der Waals surface area contributed by atoms with E-state index in [1.807, 2.05) is 31.2 Å². The molecule has 2 aromatic carbocycles. The van der Waals surface area contributed by atoms with Crippen molar-refractivity contribution in [2.24, 2.45) is 5.73 Å². The number of nitriles is 1. The summed E-state index contributed by atoms with van der Waals surface area (Å²) in [6.45, 7) is 2.58. The molecule has 33 heavy (non-hydrogen) atoms. The summed E-state index contributed by atoms with van der Waals surface area (Å²) in [6, 6.07) is 13.2. The highest BCUT2D eigenvalue weighted by atomic mass is 79.9. The summed E-state index contributed by atoms with van der Waals surface area (Å²) in [6.07, 6.45) is 1.72. The molecule has 0 spiro atoms. The van der Waals surface area contributed by atoms with Crippen LogP contribution in [0.25, 0.3) is 0 Å². The lowest BCUT2D eigenvalue weighted by Crippen LogP contribution is -2.27. The van der Waals surface area contributed by atoms with Gasteiger partial charge < -0.3 is 19.9 Å². The molecule has 1 aliphatic carbocycles. The van der Waals surface area contributed by atoms with E-state index in [0.717, 1.165) is 5.56 Å². The van der Waals surface area contributed by atoms with Crippen LogP contribution in [0.4, 0.5) is 0 Å². The second kappa shape index (κ2) is 9.90. The van der Waals surface area contributed by atoms with Crippen LogP contribution in [-0.4, -0.2) is 12.4 Å². The van der Waals surface area contributed by atoms with Crippen LogP contribution in [0.1, 0.15) is 43.2 Å². The molecular formula is C25H22BrClN2O4. The van der Waals surface area contributed by atoms with Crippen molar-refractivity contribution in [3.63, 3.8) is 0 Å². The highest BCUT2D eigenvalue weighted by molar-refractivity contribution is 9.10. The summed E-state index contributed by atoms with van der Waals surface area (Å²) in [5, 5.41) is 10.4. The molecule has 0 unspecified atom stereocenters. The second-order valence-electron chi connectivity index (χ2n) is 7.72. The van der Waals surface area contributed by atoms with Gasteiger partial charge in [0.05, 0.1) is 17.0 Å². The molecule has 8 heteroatoms. The quantitative estimate of drug-likeness (QED) is 0.501. The van der Waals surface area contributed by atoms with E-state index in [0.29, 0.717) is 70.4 Å². The van der Waals surface area contributed by atoms with Crippen LogP contribution in [0, 0.1) is 11.3 Å². The van der Waals surface area contributed by atoms with E-state index < -0.39 is 5.92 Å². The lowest BCUT2D eigenvalue weighted by molar-refractivity contribution is -0.116. The SMILES string of the molecule is CCOc1cc([C@H]2C(C#N)=C(N)OC3=C2C(=O)CCC3)cc(Br)c1OCc1cccc(Cl)c1. The van der Waals surface area contributed by atoms with Gasteiger partial charge in [-0.15, -0.1) is 0 Å². The standard InChI is InChI=1S/C25H22BrClN2O4/c1-2-31-21-11-15(10-18(26)24(21)32-13-14-5-3-6-16(27)9-14)22-17(12-28)25(29)33-20-8-4-7-19(30)23(20)22/h3,5-6,9-11,22H,2,4,7-8,13,29H2,1H3/t22-/m0/s1. The Bertz CT molecular complexity index is 1220. The fourth-order valence-electron chi connectivity index (χ4n) is 4.13. The maximum Gasteiger partial charge on any atom is 0.205 e. The van der Waals surface area contributed by atoms with Crippen LogP contribution >= 0.6 is 27.5 Å². The van der Waals surface area contributed by atoms with Crippen molar-refractivity contribution in [1.29, 1.82) is 5.26 Å². The van der Waals surface area contributed by atoms with Gasteiger partial charge in [0.1, 0.15) is 24.0 Å². The summed E-state index contributed by atoms with van der Waals surface area (Å²) in [5.41, 5.74) is 8.39. The highest BCUT2D eigenvalue weighted by Crippen LogP contribution is 2.47. The maximum atomic E-state index is 12.8. The van der Waals surface area contributed by atoms with E-state index in [1.165, 1.54) is 0 Å². The summed E-state index contributed by atoms with van der Waals surface area (Å²) in [5.74, 6) is 0.944. The summed E-state index contributed by atoms with van der Waals surface area (Å²) >= 11 is 9.67. The molecule has 1 atom stereocenters. The molecule has 2 aliphatic rings. The normalized spacial score (nSPS) is 17.9. The number of hydrogen-bond acceptors (Lipinski definition) is 6. The van der Waals surface area contributed by atoms with Crippen molar-refractivity contribution in [3.8, 4) is 17.6 Å². The number of Topliss-reactive ketones (excluding diaryl/α,β-unsaturated/α-hetero) is 1. The number of benzene rings is 2. The summed E-state index contributed by atoms with van der Waals surface area (Å²) in [4.78, 5) is 12.8. The zero-order valence-electron chi connectivity index (χ0n) is 18.0. The molecular weight excluding hydrogens is 508 g/mol. The van der Waals surface area contributed by atoms with E-state index >= 15 is 0 Å². The lowest BCUT2D eigenvalue weighted by atomic mass is 9.77. The average Bonchev–Trinajstić information content (AvgIpc) is 2.78. The second-order valence-corrected chi connectivity index (χ2v) is 9.01. The largest absolute Gasteiger partial charge is 0.490 e. The number of carbonyl (C=O) groups excluding carboxylic acids is 1. The van der Waals surface area contributed by atoms with E-state index in [2.05, 4.69) is 22.0 Å². The monoisotopic (exact) mass is 528 g/mol. The molecule has 6 nitrogen and oxygen atoms in total. The molecule has 0 amide bonds. The van der Waals surface area contributed by atoms with Crippen molar-refractivity contribution < 1.29 is 19.0 Å². The van der Waals surface area contributed by atoms with Gasteiger partial charge in [-0.3, -0.25) is 4.79 Å². The highest BCUT2D eigenvalue weighted by Gasteiger charge is 2.38. The van der Waals surface area contributed by atoms with Crippen LogP contribution in [0.5, 0.6) is 11.5 Å². The van der Waals surface area contributed by atoms with Crippen molar-refractivity contribution in [1.82, 2.24) is 0 Å². The molecule has 170 valence electrons. The van der Waals surface area contributed by atoms with Gasteiger partial charge in [-0.2, -0.15) is 5.26 Å². The first kappa shape index (κ1) is 23.2. The number of ketones is 1. The maximum absolute atomic E-state index is 12.8. The topological polar surface area (TPSA) is 94.6 Å². The third-order valence-corrected chi connectivity index (χ3v) is 6.37. The Morgan fingerprint density at radius 3 is 2.82 bits per heavy atom. The summed E-state index contributed by atoms with van der Waals surface area (Å²) in [7, 11) is 0. The van der Waals surface area contributed by atoms with E-state index in [9.17, 15) is 10.1 Å². The number of halogens is 2. The van der Waals surface area contributed by atoms with Crippen LogP contribution in [0.3, 0.4) is 0 Å². The number of ether oxygens (including phenoxy) is 3. The Morgan fingerprint density at radius 1 is 1.27 bits per heavy atom. The molecule has 0 saturated heterocycles. The predicted octanol–water partition coefficient (Wildman–Crippen LogP) is 5.89. The van der Waals surface area contributed by atoms with Crippen LogP contribution < -0.4 is 15.2 Å². The van der Waals surface area contributed by atoms with E-state index in [4.69, 9.17) is 31.5 Å². The Hall–Kier alpha value is -2.95. The van der Waals surface area contributed by atoms with Crippen molar-refractivity contribution in [3.05, 3.63) is 79.8 Å². The van der Waals surface area contributed by atoms with Crippen LogP contribution in [0.2, 0.25) is 5.02 Å². The van der Waals surface area contributed by atoms with Crippen LogP contribution in [-0.2, 0) is 16.1 Å². The van der Waals surface area contributed by atoms with Crippen molar-refractivity contribution >= 4 is 33.3 Å². The van der Waals surface area contributed by atoms with E-state index in [-0.39, 0.29) is 17.2 Å². The van der Waals surface area contributed by atoms with Crippen LogP contribution in [0.15, 0.2) is 63.7 Å². The molecule has 4 rings (SSSR count). The number of rotatable bonds is 6.